The van der Waals surface area contributed by atoms with Gasteiger partial charge < -0.3 is 14.6 Å². The molecule has 0 atom stereocenters. The first-order chi connectivity index (χ1) is 15.0. The van der Waals surface area contributed by atoms with Gasteiger partial charge in [-0.05, 0) is 54.1 Å². The lowest BCUT2D eigenvalue weighted by molar-refractivity contribution is 0.0954. The highest BCUT2D eigenvalue weighted by molar-refractivity contribution is 7.98. The molecule has 3 heterocycles. The summed E-state index contributed by atoms with van der Waals surface area (Å²) in [6.07, 6.45) is 4.74. The minimum Gasteiger partial charge on any atom is -0.497 e. The number of thioether (sulfide) groups is 1. The topological polar surface area (TPSA) is 89.4 Å². The standard InChI is InChI=1S/C21H23N3O4S3/c1-28-15-4-6-16(7-5-15)31(26,27)23-10-9-22-20(25)19-17-8-13-29-14-18(17)30-21(19)24-11-2-3-12-24/h2-7,11-12,23H,8-10,13-14H2,1H3,(H,22,25). The molecular weight excluding hydrogens is 454 g/mol. The summed E-state index contributed by atoms with van der Waals surface area (Å²) in [7, 11) is -2.13. The van der Waals surface area contributed by atoms with Crippen LogP contribution in [0.5, 0.6) is 5.75 Å². The smallest absolute Gasteiger partial charge is 0.254 e. The van der Waals surface area contributed by atoms with Crippen LogP contribution in [0.2, 0.25) is 0 Å². The molecule has 0 radical (unpaired) electrons. The Morgan fingerprint density at radius 1 is 1.16 bits per heavy atom. The van der Waals surface area contributed by atoms with Crippen molar-refractivity contribution in [3.05, 3.63) is 64.8 Å². The van der Waals surface area contributed by atoms with Gasteiger partial charge in [0.25, 0.3) is 5.91 Å². The number of hydrogen-bond donors (Lipinski definition) is 2. The number of amides is 1. The highest BCUT2D eigenvalue weighted by Gasteiger charge is 2.26. The van der Waals surface area contributed by atoms with Gasteiger partial charge in [0, 0.05) is 36.1 Å². The summed E-state index contributed by atoms with van der Waals surface area (Å²) >= 11 is 3.53. The Labute approximate surface area is 189 Å². The van der Waals surface area contributed by atoms with Crippen molar-refractivity contribution in [1.29, 1.82) is 0 Å². The summed E-state index contributed by atoms with van der Waals surface area (Å²) in [5, 5.41) is 3.79. The van der Waals surface area contributed by atoms with E-state index in [9.17, 15) is 13.2 Å². The molecule has 7 nitrogen and oxygen atoms in total. The number of thiophene rings is 1. The quantitative estimate of drug-likeness (QED) is 0.487. The zero-order valence-corrected chi connectivity index (χ0v) is 19.4. The van der Waals surface area contributed by atoms with Gasteiger partial charge in [-0.3, -0.25) is 4.79 Å². The van der Waals surface area contributed by atoms with Crippen LogP contribution in [0.25, 0.3) is 5.00 Å². The average Bonchev–Trinajstić information content (AvgIpc) is 3.44. The number of sulfonamides is 1. The minimum atomic E-state index is -3.66. The molecule has 0 unspecified atom stereocenters. The predicted octanol–water partition coefficient (Wildman–Crippen LogP) is 3.05. The first kappa shape index (κ1) is 21.9. The number of carbonyl (C=O) groups excluding carboxylic acids is 1. The molecule has 10 heteroatoms. The van der Waals surface area contributed by atoms with Crippen LogP contribution in [-0.4, -0.2) is 44.8 Å². The molecule has 0 saturated carbocycles. The van der Waals surface area contributed by atoms with E-state index in [4.69, 9.17) is 4.74 Å². The normalized spacial score (nSPS) is 13.6. The van der Waals surface area contributed by atoms with Crippen molar-refractivity contribution in [3.63, 3.8) is 0 Å². The Bertz CT molecular complexity index is 1150. The number of fused-ring (bicyclic) bond motifs is 1. The number of ether oxygens (including phenoxy) is 1. The second kappa shape index (κ2) is 9.47. The molecular formula is C21H23N3O4S3. The molecule has 2 aromatic heterocycles. The number of benzene rings is 1. The Morgan fingerprint density at radius 3 is 2.61 bits per heavy atom. The molecule has 1 amide bonds. The SMILES string of the molecule is COc1ccc(S(=O)(=O)NCCNC(=O)c2c(-n3cccc3)sc3c2CCSC3)cc1. The summed E-state index contributed by atoms with van der Waals surface area (Å²) in [6.45, 7) is 0.292. The van der Waals surface area contributed by atoms with E-state index in [0.29, 0.717) is 11.3 Å². The summed E-state index contributed by atoms with van der Waals surface area (Å²) in [4.78, 5) is 14.4. The monoisotopic (exact) mass is 477 g/mol. The van der Waals surface area contributed by atoms with Gasteiger partial charge >= 0.3 is 0 Å². The van der Waals surface area contributed by atoms with Crippen LogP contribution in [0.1, 0.15) is 20.8 Å². The van der Waals surface area contributed by atoms with Crippen LogP contribution >= 0.6 is 23.1 Å². The van der Waals surface area contributed by atoms with E-state index in [1.165, 1.54) is 24.1 Å². The van der Waals surface area contributed by atoms with Gasteiger partial charge in [0.1, 0.15) is 10.8 Å². The zero-order chi connectivity index (χ0) is 21.8. The van der Waals surface area contributed by atoms with Gasteiger partial charge in [-0.25, -0.2) is 13.1 Å². The number of rotatable bonds is 8. The maximum Gasteiger partial charge on any atom is 0.254 e. The Kier molecular flexibility index (Phi) is 6.71. The summed E-state index contributed by atoms with van der Waals surface area (Å²) in [5.41, 5.74) is 1.82. The molecule has 1 aliphatic heterocycles. The highest BCUT2D eigenvalue weighted by Crippen LogP contribution is 2.38. The molecule has 0 spiro atoms. The van der Waals surface area contributed by atoms with E-state index >= 15 is 0 Å². The minimum absolute atomic E-state index is 0.0983. The van der Waals surface area contributed by atoms with Crippen LogP contribution in [0.3, 0.4) is 0 Å². The molecule has 0 saturated heterocycles. The number of hydrogen-bond acceptors (Lipinski definition) is 6. The second-order valence-electron chi connectivity index (χ2n) is 6.91. The fourth-order valence-electron chi connectivity index (χ4n) is 3.39. The van der Waals surface area contributed by atoms with Crippen molar-refractivity contribution < 1.29 is 17.9 Å². The molecule has 0 fully saturated rings. The molecule has 3 aromatic rings. The van der Waals surface area contributed by atoms with E-state index in [0.717, 1.165) is 28.5 Å². The molecule has 164 valence electrons. The third kappa shape index (κ3) is 4.82. The molecule has 1 aromatic carbocycles. The summed E-state index contributed by atoms with van der Waals surface area (Å²) in [5.74, 6) is 2.33. The molecule has 1 aliphatic rings. The number of methoxy groups -OCH3 is 1. The highest BCUT2D eigenvalue weighted by atomic mass is 32.2. The third-order valence-electron chi connectivity index (χ3n) is 4.94. The summed E-state index contributed by atoms with van der Waals surface area (Å²) < 4.78 is 34.4. The third-order valence-corrected chi connectivity index (χ3v) is 8.83. The average molecular weight is 478 g/mol. The van der Waals surface area contributed by atoms with Gasteiger partial charge in [0.15, 0.2) is 0 Å². The number of nitrogens with one attached hydrogen (secondary N) is 2. The van der Waals surface area contributed by atoms with Crippen LogP contribution in [0.4, 0.5) is 0 Å². The fourth-order valence-corrected chi connectivity index (χ4v) is 6.87. The second-order valence-corrected chi connectivity index (χ2v) is 10.9. The van der Waals surface area contributed by atoms with Gasteiger partial charge in [-0.15, -0.1) is 11.3 Å². The molecule has 0 bridgehead atoms. The fraction of sp³-hybridized carbons (Fsp3) is 0.286. The lowest BCUT2D eigenvalue weighted by Crippen LogP contribution is -2.35. The predicted molar refractivity (Wildman–Crippen MR) is 124 cm³/mol. The zero-order valence-electron chi connectivity index (χ0n) is 17.0. The van der Waals surface area contributed by atoms with Crippen molar-refractivity contribution >= 4 is 39.0 Å². The number of nitrogens with zero attached hydrogens (tertiary/aromatic N) is 1. The van der Waals surface area contributed by atoms with Gasteiger partial charge in [-0.2, -0.15) is 11.8 Å². The van der Waals surface area contributed by atoms with Crippen molar-refractivity contribution in [2.75, 3.05) is 26.0 Å². The lowest BCUT2D eigenvalue weighted by atomic mass is 10.1. The molecule has 0 aliphatic carbocycles. The Balaban J connectivity index is 1.42. The van der Waals surface area contributed by atoms with Crippen LogP contribution in [0, 0.1) is 0 Å². The van der Waals surface area contributed by atoms with Crippen LogP contribution in [-0.2, 0) is 22.2 Å². The van der Waals surface area contributed by atoms with E-state index in [1.807, 2.05) is 40.9 Å². The number of aromatic nitrogens is 1. The lowest BCUT2D eigenvalue weighted by Gasteiger charge is -2.13. The Morgan fingerprint density at radius 2 is 1.90 bits per heavy atom. The maximum atomic E-state index is 13.0. The largest absolute Gasteiger partial charge is 0.497 e. The van der Waals surface area contributed by atoms with E-state index < -0.39 is 10.0 Å². The first-order valence-electron chi connectivity index (χ1n) is 9.77. The van der Waals surface area contributed by atoms with Gasteiger partial charge in [0.05, 0.1) is 17.6 Å². The molecule has 31 heavy (non-hydrogen) atoms. The van der Waals surface area contributed by atoms with Crippen LogP contribution < -0.4 is 14.8 Å². The van der Waals surface area contributed by atoms with Crippen molar-refractivity contribution in [2.45, 2.75) is 17.1 Å². The van der Waals surface area contributed by atoms with E-state index in [2.05, 4.69) is 10.0 Å². The van der Waals surface area contributed by atoms with Gasteiger partial charge in [0.2, 0.25) is 10.0 Å². The molecule has 2 N–H and O–H groups in total. The maximum absolute atomic E-state index is 13.0. The molecule has 4 rings (SSSR count). The number of carbonyl (C=O) groups is 1. The first-order valence-corrected chi connectivity index (χ1v) is 13.2. The van der Waals surface area contributed by atoms with Crippen molar-refractivity contribution in [3.8, 4) is 10.8 Å². The van der Waals surface area contributed by atoms with Gasteiger partial charge in [-0.1, -0.05) is 0 Å². The van der Waals surface area contributed by atoms with Crippen molar-refractivity contribution in [2.24, 2.45) is 0 Å². The van der Waals surface area contributed by atoms with Crippen LogP contribution in [0.15, 0.2) is 53.7 Å². The Hall–Kier alpha value is -2.27. The van der Waals surface area contributed by atoms with E-state index in [-0.39, 0.29) is 23.9 Å². The van der Waals surface area contributed by atoms with Crippen molar-refractivity contribution in [1.82, 2.24) is 14.6 Å². The summed E-state index contributed by atoms with van der Waals surface area (Å²) in [6, 6.07) is 10.0. The van der Waals surface area contributed by atoms with E-state index in [1.54, 1.807) is 23.5 Å².